The predicted octanol–water partition coefficient (Wildman–Crippen LogP) is 2.17. The highest BCUT2D eigenvalue weighted by atomic mass is 16.5. The van der Waals surface area contributed by atoms with Gasteiger partial charge >= 0.3 is 11.9 Å². The number of rotatable bonds is 5. The van der Waals surface area contributed by atoms with Gasteiger partial charge in [-0.25, -0.2) is 4.79 Å². The molecule has 126 valence electrons. The van der Waals surface area contributed by atoms with Crippen LogP contribution >= 0.6 is 0 Å². The molecule has 1 saturated carbocycles. The average Bonchev–Trinajstić information content (AvgIpc) is 3.23. The minimum atomic E-state index is -0.443. The molecule has 1 amide bonds. The zero-order chi connectivity index (χ0) is 17.1. The Kier molecular flexibility index (Phi) is 4.64. The maximum Gasteiger partial charge on any atom is 0.337 e. The molecule has 6 nitrogen and oxygen atoms in total. The van der Waals surface area contributed by atoms with Crippen molar-refractivity contribution in [2.24, 2.45) is 17.8 Å². The van der Waals surface area contributed by atoms with Gasteiger partial charge in [0, 0.05) is 5.69 Å². The van der Waals surface area contributed by atoms with Gasteiger partial charge in [-0.05, 0) is 48.9 Å². The molecular formula is C18H19NO5. The van der Waals surface area contributed by atoms with Crippen LogP contribution in [-0.2, 0) is 19.1 Å². The first-order chi connectivity index (χ1) is 11.6. The van der Waals surface area contributed by atoms with Crippen molar-refractivity contribution in [2.75, 3.05) is 19.0 Å². The van der Waals surface area contributed by atoms with Crippen LogP contribution in [0.2, 0.25) is 0 Å². The molecule has 0 heterocycles. The third-order valence-corrected chi connectivity index (χ3v) is 4.52. The minimum absolute atomic E-state index is 0.118. The quantitative estimate of drug-likeness (QED) is 0.661. The van der Waals surface area contributed by atoms with Gasteiger partial charge in [0.25, 0.3) is 5.91 Å². The summed E-state index contributed by atoms with van der Waals surface area (Å²) < 4.78 is 9.74. The topological polar surface area (TPSA) is 81.7 Å². The van der Waals surface area contributed by atoms with E-state index in [1.165, 1.54) is 7.11 Å². The van der Waals surface area contributed by atoms with Gasteiger partial charge in [0.15, 0.2) is 6.61 Å². The van der Waals surface area contributed by atoms with Crippen molar-refractivity contribution in [2.45, 2.75) is 12.8 Å². The number of nitrogens with one attached hydrogen (secondary N) is 1. The maximum atomic E-state index is 12.1. The van der Waals surface area contributed by atoms with E-state index in [1.807, 2.05) is 0 Å². The lowest BCUT2D eigenvalue weighted by molar-refractivity contribution is -0.152. The summed E-state index contributed by atoms with van der Waals surface area (Å²) in [6, 6.07) is 6.28. The molecule has 3 rings (SSSR count). The average molecular weight is 329 g/mol. The Hall–Kier alpha value is -2.63. The Morgan fingerprint density at radius 3 is 2.46 bits per heavy atom. The molecule has 1 N–H and O–H groups in total. The molecule has 0 aliphatic heterocycles. The summed E-state index contributed by atoms with van der Waals surface area (Å²) in [7, 11) is 1.30. The van der Waals surface area contributed by atoms with E-state index in [0.717, 1.165) is 12.8 Å². The third kappa shape index (κ3) is 3.48. The molecular weight excluding hydrogens is 310 g/mol. The van der Waals surface area contributed by atoms with E-state index in [2.05, 4.69) is 22.2 Å². The number of carbonyl (C=O) groups excluding carboxylic acids is 3. The van der Waals surface area contributed by atoms with E-state index in [1.54, 1.807) is 24.3 Å². The van der Waals surface area contributed by atoms with Crippen LogP contribution in [0.25, 0.3) is 0 Å². The van der Waals surface area contributed by atoms with Crippen molar-refractivity contribution in [1.82, 2.24) is 0 Å². The first-order valence-corrected chi connectivity index (χ1v) is 7.90. The van der Waals surface area contributed by atoms with Crippen molar-refractivity contribution in [1.29, 1.82) is 0 Å². The van der Waals surface area contributed by atoms with E-state index >= 15 is 0 Å². The smallest absolute Gasteiger partial charge is 0.337 e. The number of amides is 1. The molecule has 6 heteroatoms. The molecule has 2 aliphatic rings. The van der Waals surface area contributed by atoms with Gasteiger partial charge in [0.05, 0.1) is 18.6 Å². The zero-order valence-corrected chi connectivity index (χ0v) is 13.4. The summed E-state index contributed by atoms with van der Waals surface area (Å²) in [6.07, 6.45) is 6.05. The molecule has 3 unspecified atom stereocenters. The molecule has 2 aliphatic carbocycles. The first kappa shape index (κ1) is 16.2. The van der Waals surface area contributed by atoms with Gasteiger partial charge in [-0.2, -0.15) is 0 Å². The first-order valence-electron chi connectivity index (χ1n) is 7.90. The van der Waals surface area contributed by atoms with Crippen LogP contribution in [0.1, 0.15) is 23.2 Å². The van der Waals surface area contributed by atoms with Crippen LogP contribution in [0.4, 0.5) is 5.69 Å². The second kappa shape index (κ2) is 6.86. The molecule has 0 spiro atoms. The number of anilines is 1. The Morgan fingerprint density at radius 2 is 1.88 bits per heavy atom. The third-order valence-electron chi connectivity index (χ3n) is 4.52. The fourth-order valence-electron chi connectivity index (χ4n) is 3.30. The summed E-state index contributed by atoms with van der Waals surface area (Å²) in [5, 5.41) is 2.62. The van der Waals surface area contributed by atoms with Gasteiger partial charge in [0.1, 0.15) is 0 Å². The molecule has 0 aromatic heterocycles. The number of carbonyl (C=O) groups is 3. The number of benzene rings is 1. The molecule has 3 atom stereocenters. The van der Waals surface area contributed by atoms with E-state index < -0.39 is 11.9 Å². The molecule has 1 aromatic rings. The van der Waals surface area contributed by atoms with E-state index in [9.17, 15) is 14.4 Å². The number of methoxy groups -OCH3 is 1. The fraction of sp³-hybridized carbons (Fsp3) is 0.389. The highest BCUT2D eigenvalue weighted by Gasteiger charge is 2.40. The number of hydrogen-bond acceptors (Lipinski definition) is 5. The molecule has 1 fully saturated rings. The van der Waals surface area contributed by atoms with Crippen LogP contribution in [0.5, 0.6) is 0 Å². The van der Waals surface area contributed by atoms with Gasteiger partial charge in [-0.1, -0.05) is 12.2 Å². The predicted molar refractivity (Wildman–Crippen MR) is 86.2 cm³/mol. The van der Waals surface area contributed by atoms with E-state index in [0.29, 0.717) is 17.2 Å². The van der Waals surface area contributed by atoms with Crippen LogP contribution in [-0.4, -0.2) is 31.6 Å². The zero-order valence-electron chi connectivity index (χ0n) is 13.4. The Balaban J connectivity index is 1.46. The van der Waals surface area contributed by atoms with Crippen LogP contribution in [0.3, 0.4) is 0 Å². The van der Waals surface area contributed by atoms with Gasteiger partial charge in [-0.15, -0.1) is 0 Å². The normalized spacial score (nSPS) is 23.8. The van der Waals surface area contributed by atoms with Gasteiger partial charge in [0.2, 0.25) is 0 Å². The molecule has 0 radical (unpaired) electrons. The largest absolute Gasteiger partial charge is 0.465 e. The Bertz CT molecular complexity index is 679. The van der Waals surface area contributed by atoms with Crippen LogP contribution < -0.4 is 5.32 Å². The lowest BCUT2D eigenvalue weighted by Gasteiger charge is -2.16. The maximum absolute atomic E-state index is 12.1. The van der Waals surface area contributed by atoms with Gasteiger partial charge in [-0.3, -0.25) is 9.59 Å². The molecule has 2 bridgehead atoms. The number of ether oxygens (including phenoxy) is 2. The number of hydrogen-bond donors (Lipinski definition) is 1. The minimum Gasteiger partial charge on any atom is -0.465 e. The van der Waals surface area contributed by atoms with Crippen LogP contribution in [0.15, 0.2) is 36.4 Å². The highest BCUT2D eigenvalue weighted by molar-refractivity contribution is 5.94. The Labute approximate surface area is 139 Å². The van der Waals surface area contributed by atoms with Crippen molar-refractivity contribution in [3.8, 4) is 0 Å². The van der Waals surface area contributed by atoms with E-state index in [4.69, 9.17) is 4.74 Å². The second-order valence-electron chi connectivity index (χ2n) is 6.11. The summed E-state index contributed by atoms with van der Waals surface area (Å²) in [4.78, 5) is 35.3. The van der Waals surface area contributed by atoms with E-state index in [-0.39, 0.29) is 24.4 Å². The number of esters is 2. The second-order valence-corrected chi connectivity index (χ2v) is 6.11. The monoisotopic (exact) mass is 329 g/mol. The fourth-order valence-corrected chi connectivity index (χ4v) is 3.30. The van der Waals surface area contributed by atoms with Crippen molar-refractivity contribution >= 4 is 23.5 Å². The SMILES string of the molecule is COC(=O)c1ccc(NC(=O)COC(=O)C2CC3C=CC2C3)cc1. The highest BCUT2D eigenvalue weighted by Crippen LogP contribution is 2.43. The van der Waals surface area contributed by atoms with Crippen molar-refractivity contribution < 1.29 is 23.9 Å². The molecule has 24 heavy (non-hydrogen) atoms. The lowest BCUT2D eigenvalue weighted by Crippen LogP contribution is -2.26. The Morgan fingerprint density at radius 1 is 1.12 bits per heavy atom. The van der Waals surface area contributed by atoms with Crippen LogP contribution in [0, 0.1) is 17.8 Å². The summed E-state index contributed by atoms with van der Waals surface area (Å²) >= 11 is 0. The van der Waals surface area contributed by atoms with Gasteiger partial charge < -0.3 is 14.8 Å². The van der Waals surface area contributed by atoms with Crippen molar-refractivity contribution in [3.05, 3.63) is 42.0 Å². The summed E-state index contributed by atoms with van der Waals surface area (Å²) in [5.41, 5.74) is 0.915. The summed E-state index contributed by atoms with van der Waals surface area (Å²) in [5.74, 6) is -0.532. The summed E-state index contributed by atoms with van der Waals surface area (Å²) in [6.45, 7) is -0.310. The molecule has 0 saturated heterocycles. The lowest BCUT2D eigenvalue weighted by atomic mass is 9.94. The number of allylic oxidation sites excluding steroid dienone is 2. The standard InChI is InChI=1S/C18H19NO5/c1-23-17(21)12-4-6-14(7-5-12)19-16(20)10-24-18(22)15-9-11-2-3-13(15)8-11/h2-7,11,13,15H,8-10H2,1H3,(H,19,20). The molecule has 1 aromatic carbocycles. The number of fused-ring (bicyclic) bond motifs is 2. The van der Waals surface area contributed by atoms with Crippen molar-refractivity contribution in [3.63, 3.8) is 0 Å².